The van der Waals surface area contributed by atoms with Crippen LogP contribution in [-0.4, -0.2) is 96.7 Å². The second kappa shape index (κ2) is 72.1. The van der Waals surface area contributed by atoms with Crippen molar-refractivity contribution >= 4 is 39.5 Å². The molecule has 0 rings (SSSR count). The van der Waals surface area contributed by atoms with E-state index in [4.69, 9.17) is 37.0 Å². The fourth-order valence-electron chi connectivity index (χ4n) is 10.8. The molecule has 0 aliphatic heterocycles. The van der Waals surface area contributed by atoms with Crippen molar-refractivity contribution in [2.24, 2.45) is 0 Å². The van der Waals surface area contributed by atoms with Gasteiger partial charge in [-0.25, -0.2) is 9.13 Å². The van der Waals surface area contributed by atoms with Gasteiger partial charge in [0.15, 0.2) is 12.2 Å². The monoisotopic (exact) mass is 1430 g/mol. The highest BCUT2D eigenvalue weighted by Crippen LogP contribution is 2.45. The van der Waals surface area contributed by atoms with E-state index in [1.54, 1.807) is 0 Å². The minimum absolute atomic E-state index is 0.0879. The number of ether oxygens (including phenoxy) is 4. The van der Waals surface area contributed by atoms with E-state index in [2.05, 4.69) is 88.5 Å². The van der Waals surface area contributed by atoms with E-state index in [0.29, 0.717) is 25.7 Å². The van der Waals surface area contributed by atoms with Crippen molar-refractivity contribution in [3.8, 4) is 0 Å². The van der Waals surface area contributed by atoms with Gasteiger partial charge in [0.2, 0.25) is 0 Å². The highest BCUT2D eigenvalue weighted by atomic mass is 31.2. The van der Waals surface area contributed by atoms with Gasteiger partial charge in [0.1, 0.15) is 19.3 Å². The van der Waals surface area contributed by atoms with E-state index < -0.39 is 97.5 Å². The Labute approximate surface area is 597 Å². The number of esters is 4. The molecule has 5 atom stereocenters. The number of phosphoric ester groups is 2. The van der Waals surface area contributed by atoms with Crippen LogP contribution >= 0.6 is 15.6 Å². The molecule has 0 aromatic heterocycles. The summed E-state index contributed by atoms with van der Waals surface area (Å²) in [6, 6.07) is 0. The first-order valence-electron chi connectivity index (χ1n) is 39.5. The minimum atomic E-state index is -4.97. The van der Waals surface area contributed by atoms with Crippen LogP contribution in [0.5, 0.6) is 0 Å². The van der Waals surface area contributed by atoms with Gasteiger partial charge in [-0.3, -0.25) is 37.3 Å². The molecule has 3 N–H and O–H groups in total. The van der Waals surface area contributed by atoms with Gasteiger partial charge in [-0.2, -0.15) is 0 Å². The summed E-state index contributed by atoms with van der Waals surface area (Å²) in [7, 11) is -9.94. The number of aliphatic hydroxyl groups excluding tert-OH is 1. The Morgan fingerprint density at radius 2 is 0.500 bits per heavy atom. The maximum Gasteiger partial charge on any atom is 0.472 e. The summed E-state index contributed by atoms with van der Waals surface area (Å²) < 4.78 is 68.5. The molecular formula is C79H144O17P2. The van der Waals surface area contributed by atoms with Gasteiger partial charge in [0.25, 0.3) is 0 Å². The Balaban J connectivity index is 5.34. The Hall–Kier alpha value is -3.24. The zero-order valence-electron chi connectivity index (χ0n) is 62.5. The van der Waals surface area contributed by atoms with Gasteiger partial charge in [0, 0.05) is 25.7 Å². The molecule has 0 heterocycles. The smallest absolute Gasteiger partial charge is 0.462 e. The molecule has 98 heavy (non-hydrogen) atoms. The zero-order chi connectivity index (χ0) is 71.8. The van der Waals surface area contributed by atoms with Crippen LogP contribution in [0.2, 0.25) is 0 Å². The van der Waals surface area contributed by atoms with Gasteiger partial charge in [0.05, 0.1) is 26.4 Å². The van der Waals surface area contributed by atoms with Crippen molar-refractivity contribution in [1.82, 2.24) is 0 Å². The third-order valence-electron chi connectivity index (χ3n) is 16.9. The van der Waals surface area contributed by atoms with Crippen LogP contribution < -0.4 is 0 Å². The summed E-state index contributed by atoms with van der Waals surface area (Å²) in [5, 5.41) is 10.6. The highest BCUT2D eigenvalue weighted by molar-refractivity contribution is 7.47. The molecule has 19 heteroatoms. The number of unbranched alkanes of at least 4 members (excludes halogenated alkanes) is 39. The molecular weight excluding hydrogens is 1280 g/mol. The summed E-state index contributed by atoms with van der Waals surface area (Å²) >= 11 is 0. The second-order valence-electron chi connectivity index (χ2n) is 26.6. The number of rotatable bonds is 75. The van der Waals surface area contributed by atoms with Crippen LogP contribution in [0.15, 0.2) is 60.8 Å². The third-order valence-corrected chi connectivity index (χ3v) is 18.8. The molecule has 0 bridgehead atoms. The summed E-state index contributed by atoms with van der Waals surface area (Å²) in [6.45, 7) is 4.83. The Kier molecular flexibility index (Phi) is 69.7. The van der Waals surface area contributed by atoms with E-state index in [9.17, 15) is 43.2 Å². The maximum atomic E-state index is 13.1. The van der Waals surface area contributed by atoms with Gasteiger partial charge in [-0.1, -0.05) is 262 Å². The van der Waals surface area contributed by atoms with Crippen LogP contribution in [0.25, 0.3) is 0 Å². The van der Waals surface area contributed by atoms with Crippen LogP contribution in [-0.2, 0) is 65.4 Å². The summed E-state index contributed by atoms with van der Waals surface area (Å²) in [4.78, 5) is 72.9. The third kappa shape index (κ3) is 71.2. The topological polar surface area (TPSA) is 237 Å². The normalized spacial score (nSPS) is 14.2. The van der Waals surface area contributed by atoms with Crippen molar-refractivity contribution < 1.29 is 80.2 Å². The molecule has 0 saturated heterocycles. The molecule has 0 aromatic carbocycles. The Bertz CT molecular complexity index is 2100. The van der Waals surface area contributed by atoms with E-state index in [0.717, 1.165) is 173 Å². The molecule has 0 aliphatic carbocycles. The molecule has 3 unspecified atom stereocenters. The highest BCUT2D eigenvalue weighted by Gasteiger charge is 2.30. The number of hydrogen-bond acceptors (Lipinski definition) is 15. The van der Waals surface area contributed by atoms with Crippen molar-refractivity contribution in [1.29, 1.82) is 0 Å². The zero-order valence-corrected chi connectivity index (χ0v) is 64.3. The van der Waals surface area contributed by atoms with Gasteiger partial charge in [-0.05, 0) is 135 Å². The average molecular weight is 1430 g/mol. The fraction of sp³-hybridized carbons (Fsp3) is 0.823. The van der Waals surface area contributed by atoms with Crippen LogP contribution in [0.1, 0.15) is 362 Å². The van der Waals surface area contributed by atoms with Gasteiger partial charge < -0.3 is 33.8 Å². The molecule has 0 aromatic rings. The van der Waals surface area contributed by atoms with Gasteiger partial charge >= 0.3 is 39.5 Å². The number of carbonyl (C=O) groups is 4. The van der Waals surface area contributed by atoms with Crippen LogP contribution in [0.4, 0.5) is 0 Å². The van der Waals surface area contributed by atoms with E-state index in [1.165, 1.54) is 109 Å². The molecule has 0 fully saturated rings. The molecule has 0 aliphatic rings. The molecule has 572 valence electrons. The summed E-state index contributed by atoms with van der Waals surface area (Å²) in [6.07, 6.45) is 70.5. The number of phosphoric acid groups is 2. The van der Waals surface area contributed by atoms with Crippen LogP contribution in [0.3, 0.4) is 0 Å². The predicted octanol–water partition coefficient (Wildman–Crippen LogP) is 22.7. The standard InChI is InChI=1S/C79H144O17P2/c1-5-9-13-17-21-25-29-33-36-40-43-47-51-55-59-63-76(81)89-69-74(95-78(83)65-61-57-53-49-45-39-32-28-24-20-16-12-8-4)71-93-97(85,86)91-67-73(80)68-92-98(87,88)94-72-75(96-79(84)66-62-58-54-50-46-42-38-35-31-27-23-19-15-11-7-3)70-90-77(82)64-60-56-52-48-44-41-37-34-30-26-22-18-14-10-6-2/h22,25-29,31-32,34,37,73-75,80H,5-21,23-24,30,33,35-36,38-72H2,1-4H3,(H,85,86)(H,87,88)/b26-22-,29-25-,31-27-,32-28-,37-34-/t73?,74-,75-/m1/s1. The first kappa shape index (κ1) is 94.8. The molecule has 0 amide bonds. The van der Waals surface area contributed by atoms with Crippen molar-refractivity contribution in [2.45, 2.75) is 380 Å². The van der Waals surface area contributed by atoms with Crippen molar-refractivity contribution in [2.75, 3.05) is 39.6 Å². The average Bonchev–Trinajstić information content (AvgIpc) is 1.04. The predicted molar refractivity (Wildman–Crippen MR) is 400 cm³/mol. The van der Waals surface area contributed by atoms with E-state index >= 15 is 0 Å². The number of hydrogen-bond donors (Lipinski definition) is 3. The SMILES string of the molecule is CCCCC/C=C\C/C=C\CCCCCCCC(=O)OC[C@H](COP(=O)(O)OCC(O)COP(=O)(O)OC[C@@H](COC(=O)CCCCCCCCC/C=C\CCCCCC)OC(=O)CCCCCCC/C=C\CCCCCC)OC(=O)CCCCCCCCC/C=C\CCCCCC. The maximum absolute atomic E-state index is 13.1. The summed E-state index contributed by atoms with van der Waals surface area (Å²) in [5.74, 6) is -2.18. The van der Waals surface area contributed by atoms with E-state index in [-0.39, 0.29) is 25.7 Å². The first-order chi connectivity index (χ1) is 47.7. The Morgan fingerprint density at radius 1 is 0.286 bits per heavy atom. The van der Waals surface area contributed by atoms with Crippen molar-refractivity contribution in [3.63, 3.8) is 0 Å². The number of aliphatic hydroxyl groups is 1. The molecule has 0 saturated carbocycles. The first-order valence-corrected chi connectivity index (χ1v) is 42.5. The molecule has 0 radical (unpaired) electrons. The number of allylic oxidation sites excluding steroid dienone is 10. The van der Waals surface area contributed by atoms with Gasteiger partial charge in [-0.15, -0.1) is 0 Å². The lowest BCUT2D eigenvalue weighted by Gasteiger charge is -2.21. The second-order valence-corrected chi connectivity index (χ2v) is 29.5. The van der Waals surface area contributed by atoms with E-state index in [1.807, 2.05) is 0 Å². The van der Waals surface area contributed by atoms with Crippen molar-refractivity contribution in [3.05, 3.63) is 60.8 Å². The minimum Gasteiger partial charge on any atom is -0.462 e. The molecule has 17 nitrogen and oxygen atoms in total. The lowest BCUT2D eigenvalue weighted by molar-refractivity contribution is -0.161. The lowest BCUT2D eigenvalue weighted by atomic mass is 10.1. The largest absolute Gasteiger partial charge is 0.472 e. The molecule has 0 spiro atoms. The lowest BCUT2D eigenvalue weighted by Crippen LogP contribution is -2.30. The fourth-order valence-corrected chi connectivity index (χ4v) is 12.4. The van der Waals surface area contributed by atoms with Crippen LogP contribution in [0, 0.1) is 0 Å². The quantitative estimate of drug-likeness (QED) is 0.0169. The Morgan fingerprint density at radius 3 is 0.786 bits per heavy atom. The number of carbonyl (C=O) groups excluding carboxylic acids is 4. The summed E-state index contributed by atoms with van der Waals surface area (Å²) in [5.41, 5.74) is 0.